The van der Waals surface area contributed by atoms with Gasteiger partial charge in [0.2, 0.25) is 11.8 Å². The summed E-state index contributed by atoms with van der Waals surface area (Å²) >= 11 is 0. The number of carbonyl (C=O) groups is 2. The molecular weight excluding hydrogens is 385 g/mol. The smallest absolute Gasteiger partial charge is 0.416 e. The molecule has 1 aliphatic rings. The van der Waals surface area contributed by atoms with Gasteiger partial charge in [-0.25, -0.2) is 0 Å². The second-order valence-electron chi connectivity index (χ2n) is 7.15. The molecule has 1 fully saturated rings. The molecule has 2 N–H and O–H groups in total. The first-order chi connectivity index (χ1) is 13.7. The average Bonchev–Trinajstić information content (AvgIpc) is 2.84. The monoisotopic (exact) mass is 406 g/mol. The summed E-state index contributed by atoms with van der Waals surface area (Å²) in [5.74, 6) is -0.465. The molecule has 0 bridgehead atoms. The van der Waals surface area contributed by atoms with Crippen LogP contribution in [-0.2, 0) is 15.8 Å². The van der Waals surface area contributed by atoms with Crippen LogP contribution in [0.15, 0.2) is 48.5 Å². The van der Waals surface area contributed by atoms with Crippen LogP contribution in [0, 0.1) is 5.41 Å². The van der Waals surface area contributed by atoms with E-state index in [0.29, 0.717) is 18.7 Å². The molecule has 5 nitrogen and oxygen atoms in total. The summed E-state index contributed by atoms with van der Waals surface area (Å²) in [7, 11) is 0. The molecule has 2 amide bonds. The highest BCUT2D eigenvalue weighted by Gasteiger charge is 2.41. The summed E-state index contributed by atoms with van der Waals surface area (Å²) in [6.45, 7) is 2.15. The van der Waals surface area contributed by atoms with Gasteiger partial charge in [0, 0.05) is 18.3 Å². The number of amides is 2. The molecule has 0 aromatic heterocycles. The van der Waals surface area contributed by atoms with Crippen LogP contribution < -0.4 is 15.4 Å². The minimum Gasteiger partial charge on any atom is -0.457 e. The number of ether oxygens (including phenoxy) is 1. The zero-order valence-corrected chi connectivity index (χ0v) is 15.8. The Balaban J connectivity index is 1.75. The van der Waals surface area contributed by atoms with E-state index in [0.717, 1.165) is 25.0 Å². The van der Waals surface area contributed by atoms with Crippen LogP contribution in [0.1, 0.15) is 31.7 Å². The summed E-state index contributed by atoms with van der Waals surface area (Å²) in [4.78, 5) is 25.0. The van der Waals surface area contributed by atoms with Gasteiger partial charge >= 0.3 is 6.18 Å². The van der Waals surface area contributed by atoms with E-state index < -0.39 is 23.1 Å². The van der Waals surface area contributed by atoms with E-state index in [1.165, 1.54) is 18.2 Å². The van der Waals surface area contributed by atoms with E-state index >= 15 is 0 Å². The normalized spacial score (nSPS) is 19.8. The van der Waals surface area contributed by atoms with Crippen molar-refractivity contribution in [1.29, 1.82) is 0 Å². The summed E-state index contributed by atoms with van der Waals surface area (Å²) in [6.07, 6.45) is -2.47. The quantitative estimate of drug-likeness (QED) is 0.721. The van der Waals surface area contributed by atoms with Crippen molar-refractivity contribution < 1.29 is 27.5 Å². The molecule has 0 saturated carbocycles. The Morgan fingerprint density at radius 2 is 1.79 bits per heavy atom. The Labute approximate surface area is 166 Å². The molecule has 0 aliphatic carbocycles. The summed E-state index contributed by atoms with van der Waals surface area (Å²) in [5.41, 5.74) is -1.61. The molecule has 0 spiro atoms. The van der Waals surface area contributed by atoms with Gasteiger partial charge in [-0.3, -0.25) is 9.59 Å². The van der Waals surface area contributed by atoms with E-state index in [2.05, 4.69) is 10.6 Å². The lowest BCUT2D eigenvalue weighted by Crippen LogP contribution is -2.45. The zero-order chi connectivity index (χ0) is 21.1. The second kappa shape index (κ2) is 8.14. The number of hydrogen-bond donors (Lipinski definition) is 2. The highest BCUT2D eigenvalue weighted by atomic mass is 19.4. The predicted octanol–water partition coefficient (Wildman–Crippen LogP) is 4.74. The maximum atomic E-state index is 12.9. The summed E-state index contributed by atoms with van der Waals surface area (Å²) in [5, 5.41) is 5.46. The summed E-state index contributed by atoms with van der Waals surface area (Å²) in [6, 6.07) is 10.8. The number of alkyl halides is 3. The van der Waals surface area contributed by atoms with Crippen LogP contribution in [0.2, 0.25) is 0 Å². The number of carbonyl (C=O) groups excluding carboxylic acids is 2. The van der Waals surface area contributed by atoms with Crippen molar-refractivity contribution in [2.45, 2.75) is 32.4 Å². The molecule has 154 valence electrons. The van der Waals surface area contributed by atoms with E-state index in [9.17, 15) is 22.8 Å². The standard InChI is InChI=1S/C21H21F3N2O3/c1-20(10-2-3-11-25-18(20)27)19(28)26-15-7-5-9-17(13-15)29-16-8-4-6-14(12-16)21(22,23)24/h4-9,12-13H,2-3,10-11H2,1H3,(H,25,27)(H,26,28). The SMILES string of the molecule is CC1(C(=O)Nc2cccc(Oc3cccc(C(F)(F)F)c3)c2)CCCCNC1=O. The fourth-order valence-electron chi connectivity index (χ4n) is 3.11. The van der Waals surface area contributed by atoms with Gasteiger partial charge in [0.05, 0.1) is 5.56 Å². The van der Waals surface area contributed by atoms with E-state index in [1.54, 1.807) is 25.1 Å². The molecule has 1 aliphatic heterocycles. The van der Waals surface area contributed by atoms with Crippen LogP contribution in [0.3, 0.4) is 0 Å². The van der Waals surface area contributed by atoms with Crippen LogP contribution in [0.5, 0.6) is 11.5 Å². The van der Waals surface area contributed by atoms with Gasteiger partial charge in [0.25, 0.3) is 0 Å². The molecule has 2 aromatic rings. The molecule has 1 atom stereocenters. The van der Waals surface area contributed by atoms with Crippen LogP contribution in [0.4, 0.5) is 18.9 Å². The molecule has 1 unspecified atom stereocenters. The van der Waals surface area contributed by atoms with E-state index in [4.69, 9.17) is 4.74 Å². The third kappa shape index (κ3) is 4.88. The van der Waals surface area contributed by atoms with Crippen LogP contribution in [-0.4, -0.2) is 18.4 Å². The number of benzene rings is 2. The third-order valence-corrected chi connectivity index (χ3v) is 4.88. The van der Waals surface area contributed by atoms with Gasteiger partial charge in [-0.2, -0.15) is 13.2 Å². The van der Waals surface area contributed by atoms with Crippen molar-refractivity contribution in [3.05, 3.63) is 54.1 Å². The maximum absolute atomic E-state index is 12.9. The number of nitrogens with one attached hydrogen (secondary N) is 2. The van der Waals surface area contributed by atoms with Crippen molar-refractivity contribution in [3.8, 4) is 11.5 Å². The van der Waals surface area contributed by atoms with Crippen LogP contribution >= 0.6 is 0 Å². The maximum Gasteiger partial charge on any atom is 0.416 e. The zero-order valence-electron chi connectivity index (χ0n) is 15.8. The molecule has 3 rings (SSSR count). The van der Waals surface area contributed by atoms with Crippen molar-refractivity contribution in [1.82, 2.24) is 5.32 Å². The van der Waals surface area contributed by atoms with Crippen molar-refractivity contribution in [2.75, 3.05) is 11.9 Å². The minimum absolute atomic E-state index is 0.0263. The lowest BCUT2D eigenvalue weighted by Gasteiger charge is -2.25. The van der Waals surface area contributed by atoms with Gasteiger partial charge in [0.1, 0.15) is 16.9 Å². The predicted molar refractivity (Wildman–Crippen MR) is 102 cm³/mol. The van der Waals surface area contributed by atoms with Crippen LogP contribution in [0.25, 0.3) is 0 Å². The number of hydrogen-bond acceptors (Lipinski definition) is 3. The van der Waals surface area contributed by atoms with Gasteiger partial charge in [0.15, 0.2) is 0 Å². The molecule has 8 heteroatoms. The third-order valence-electron chi connectivity index (χ3n) is 4.88. The van der Waals surface area contributed by atoms with Gasteiger partial charge in [-0.15, -0.1) is 0 Å². The first-order valence-electron chi connectivity index (χ1n) is 9.23. The second-order valence-corrected chi connectivity index (χ2v) is 7.15. The minimum atomic E-state index is -4.47. The van der Waals surface area contributed by atoms with Gasteiger partial charge in [-0.1, -0.05) is 18.6 Å². The molecule has 2 aromatic carbocycles. The van der Waals surface area contributed by atoms with Gasteiger partial charge in [-0.05, 0) is 50.1 Å². The van der Waals surface area contributed by atoms with Crippen molar-refractivity contribution >= 4 is 17.5 Å². The number of anilines is 1. The fourth-order valence-corrected chi connectivity index (χ4v) is 3.11. The highest BCUT2D eigenvalue weighted by Crippen LogP contribution is 2.33. The van der Waals surface area contributed by atoms with Gasteiger partial charge < -0.3 is 15.4 Å². The number of halogens is 3. The Bertz CT molecular complexity index is 914. The molecular formula is C21H21F3N2O3. The number of rotatable bonds is 4. The molecule has 1 saturated heterocycles. The molecule has 29 heavy (non-hydrogen) atoms. The van der Waals surface area contributed by atoms with Crippen molar-refractivity contribution in [2.24, 2.45) is 5.41 Å². The lowest BCUT2D eigenvalue weighted by molar-refractivity contribution is -0.139. The highest BCUT2D eigenvalue weighted by molar-refractivity contribution is 6.10. The Morgan fingerprint density at radius 3 is 2.52 bits per heavy atom. The topological polar surface area (TPSA) is 67.4 Å². The lowest BCUT2D eigenvalue weighted by atomic mass is 9.83. The van der Waals surface area contributed by atoms with E-state index in [1.807, 2.05) is 0 Å². The Morgan fingerprint density at radius 1 is 1.10 bits per heavy atom. The Kier molecular flexibility index (Phi) is 5.81. The molecule has 0 radical (unpaired) electrons. The first-order valence-corrected chi connectivity index (χ1v) is 9.23. The average molecular weight is 406 g/mol. The first kappa shape index (κ1) is 20.7. The summed E-state index contributed by atoms with van der Waals surface area (Å²) < 4.78 is 44.1. The van der Waals surface area contributed by atoms with Crippen molar-refractivity contribution in [3.63, 3.8) is 0 Å². The molecule has 1 heterocycles. The largest absolute Gasteiger partial charge is 0.457 e. The fraction of sp³-hybridized carbons (Fsp3) is 0.333. The van der Waals surface area contributed by atoms with E-state index in [-0.39, 0.29) is 17.4 Å². The Hall–Kier alpha value is -3.03.